The minimum absolute atomic E-state index is 0.194. The largest absolute Gasteiger partial charge is 0.345 e. The van der Waals surface area contributed by atoms with Gasteiger partial charge in [-0.1, -0.05) is 6.07 Å². The highest BCUT2D eigenvalue weighted by atomic mass is 79.9. The summed E-state index contributed by atoms with van der Waals surface area (Å²) in [7, 11) is 1.63. The lowest BCUT2D eigenvalue weighted by atomic mass is 10.2. The SMILES string of the molecule is Cn1cnn(Cc2ccc(F)c(Br)c2)c1=O. The van der Waals surface area contributed by atoms with Crippen molar-refractivity contribution in [2.75, 3.05) is 0 Å². The fourth-order valence-electron chi connectivity index (χ4n) is 1.34. The third-order valence-corrected chi connectivity index (χ3v) is 2.81. The number of aryl methyl sites for hydroxylation is 1. The zero-order valence-electron chi connectivity index (χ0n) is 8.52. The van der Waals surface area contributed by atoms with Crippen LogP contribution < -0.4 is 5.69 Å². The average Bonchev–Trinajstić information content (AvgIpc) is 2.55. The number of nitrogens with zero attached hydrogens (tertiary/aromatic N) is 3. The Bertz CT molecular complexity index is 576. The van der Waals surface area contributed by atoms with E-state index >= 15 is 0 Å². The van der Waals surface area contributed by atoms with Gasteiger partial charge in [0.25, 0.3) is 0 Å². The maximum absolute atomic E-state index is 13.0. The van der Waals surface area contributed by atoms with Crippen LogP contribution in [0.4, 0.5) is 4.39 Å². The molecule has 0 fully saturated rings. The Labute approximate surface area is 99.4 Å². The summed E-state index contributed by atoms with van der Waals surface area (Å²) in [6.07, 6.45) is 1.45. The van der Waals surface area contributed by atoms with Gasteiger partial charge in [-0.2, -0.15) is 5.10 Å². The predicted molar refractivity (Wildman–Crippen MR) is 60.7 cm³/mol. The number of hydrogen-bond donors (Lipinski definition) is 0. The number of benzene rings is 1. The van der Waals surface area contributed by atoms with Gasteiger partial charge in [0.15, 0.2) is 0 Å². The van der Waals surface area contributed by atoms with E-state index in [1.54, 1.807) is 19.2 Å². The summed E-state index contributed by atoms with van der Waals surface area (Å²) in [5, 5.41) is 3.92. The van der Waals surface area contributed by atoms with E-state index in [-0.39, 0.29) is 11.5 Å². The van der Waals surface area contributed by atoms with Gasteiger partial charge in [-0.3, -0.25) is 4.57 Å². The number of halogens is 2. The first-order chi connectivity index (χ1) is 7.58. The second-order valence-corrected chi connectivity index (χ2v) is 4.28. The summed E-state index contributed by atoms with van der Waals surface area (Å²) >= 11 is 3.10. The summed E-state index contributed by atoms with van der Waals surface area (Å²) in [6.45, 7) is 0.332. The number of hydrogen-bond acceptors (Lipinski definition) is 2. The summed E-state index contributed by atoms with van der Waals surface area (Å²) in [5.41, 5.74) is 0.620. The molecule has 2 rings (SSSR count). The van der Waals surface area contributed by atoms with E-state index in [1.165, 1.54) is 21.6 Å². The van der Waals surface area contributed by atoms with E-state index in [2.05, 4.69) is 21.0 Å². The fraction of sp³-hybridized carbons (Fsp3) is 0.200. The molecule has 2 aromatic rings. The van der Waals surface area contributed by atoms with E-state index in [0.29, 0.717) is 11.0 Å². The van der Waals surface area contributed by atoms with Gasteiger partial charge in [-0.25, -0.2) is 13.9 Å². The minimum atomic E-state index is -0.322. The molecule has 0 radical (unpaired) electrons. The van der Waals surface area contributed by atoms with Crippen LogP contribution in [0, 0.1) is 5.82 Å². The third kappa shape index (κ3) is 2.06. The quantitative estimate of drug-likeness (QED) is 0.840. The van der Waals surface area contributed by atoms with Crippen LogP contribution in [0.3, 0.4) is 0 Å². The Morgan fingerprint density at radius 1 is 1.50 bits per heavy atom. The molecular formula is C10H9BrFN3O. The van der Waals surface area contributed by atoms with E-state index in [0.717, 1.165) is 5.56 Å². The summed E-state index contributed by atoms with van der Waals surface area (Å²) in [6, 6.07) is 4.62. The smallest absolute Gasteiger partial charge is 0.285 e. The Kier molecular flexibility index (Phi) is 2.91. The molecule has 0 spiro atoms. The van der Waals surface area contributed by atoms with Gasteiger partial charge in [0.2, 0.25) is 0 Å². The second-order valence-electron chi connectivity index (χ2n) is 3.43. The molecule has 16 heavy (non-hydrogen) atoms. The molecule has 0 aliphatic heterocycles. The van der Waals surface area contributed by atoms with Crippen LogP contribution in [0.2, 0.25) is 0 Å². The molecular weight excluding hydrogens is 277 g/mol. The Morgan fingerprint density at radius 2 is 2.25 bits per heavy atom. The van der Waals surface area contributed by atoms with Crippen molar-refractivity contribution in [3.8, 4) is 0 Å². The van der Waals surface area contributed by atoms with Gasteiger partial charge in [0, 0.05) is 7.05 Å². The maximum atomic E-state index is 13.0. The maximum Gasteiger partial charge on any atom is 0.345 e. The van der Waals surface area contributed by atoms with Gasteiger partial charge in [-0.15, -0.1) is 0 Å². The van der Waals surface area contributed by atoms with E-state index in [9.17, 15) is 9.18 Å². The average molecular weight is 286 g/mol. The first kappa shape index (κ1) is 11.1. The Hall–Kier alpha value is -1.43. The molecule has 0 bridgehead atoms. The molecule has 1 aromatic carbocycles. The molecule has 0 saturated carbocycles. The summed E-state index contributed by atoms with van der Waals surface area (Å²) < 4.78 is 16.1. The molecule has 1 aromatic heterocycles. The van der Waals surface area contributed by atoms with Crippen LogP contribution in [0.25, 0.3) is 0 Å². The molecule has 84 valence electrons. The van der Waals surface area contributed by atoms with Crippen molar-refractivity contribution in [2.45, 2.75) is 6.54 Å². The molecule has 0 atom stereocenters. The standard InChI is InChI=1S/C10H9BrFN3O/c1-14-6-13-15(10(14)16)5-7-2-3-9(12)8(11)4-7/h2-4,6H,5H2,1H3. The highest BCUT2D eigenvalue weighted by Crippen LogP contribution is 2.16. The van der Waals surface area contributed by atoms with Gasteiger partial charge in [0.1, 0.15) is 12.1 Å². The summed E-state index contributed by atoms with van der Waals surface area (Å²) in [5.74, 6) is -0.322. The predicted octanol–water partition coefficient (Wildman–Crippen LogP) is 1.53. The van der Waals surface area contributed by atoms with Crippen molar-refractivity contribution >= 4 is 15.9 Å². The van der Waals surface area contributed by atoms with Crippen LogP contribution in [0.5, 0.6) is 0 Å². The molecule has 0 unspecified atom stereocenters. The van der Waals surface area contributed by atoms with Crippen LogP contribution in [-0.2, 0) is 13.6 Å². The molecule has 0 N–H and O–H groups in total. The van der Waals surface area contributed by atoms with E-state index in [4.69, 9.17) is 0 Å². The van der Waals surface area contributed by atoms with Gasteiger partial charge in [-0.05, 0) is 33.6 Å². The van der Waals surface area contributed by atoms with E-state index in [1.807, 2.05) is 0 Å². The van der Waals surface area contributed by atoms with E-state index < -0.39 is 0 Å². The zero-order chi connectivity index (χ0) is 11.7. The third-order valence-electron chi connectivity index (χ3n) is 2.20. The zero-order valence-corrected chi connectivity index (χ0v) is 10.1. The van der Waals surface area contributed by atoms with Gasteiger partial charge in [0.05, 0.1) is 11.0 Å². The van der Waals surface area contributed by atoms with Crippen LogP contribution in [-0.4, -0.2) is 14.3 Å². The fourth-order valence-corrected chi connectivity index (χ4v) is 1.77. The topological polar surface area (TPSA) is 39.8 Å². The lowest BCUT2D eigenvalue weighted by molar-refractivity contribution is 0.614. The lowest BCUT2D eigenvalue weighted by Gasteiger charge is -2.01. The van der Waals surface area contributed by atoms with Gasteiger partial charge >= 0.3 is 5.69 Å². The normalized spacial score (nSPS) is 10.7. The molecule has 0 aliphatic rings. The summed E-state index contributed by atoms with van der Waals surface area (Å²) in [4.78, 5) is 11.5. The Balaban J connectivity index is 2.31. The molecule has 0 aliphatic carbocycles. The van der Waals surface area contributed by atoms with Crippen LogP contribution in [0.1, 0.15) is 5.56 Å². The van der Waals surface area contributed by atoms with Gasteiger partial charge < -0.3 is 0 Å². The number of rotatable bonds is 2. The van der Waals surface area contributed by atoms with Crippen LogP contribution in [0.15, 0.2) is 33.8 Å². The highest BCUT2D eigenvalue weighted by molar-refractivity contribution is 9.10. The number of aromatic nitrogens is 3. The first-order valence-corrected chi connectivity index (χ1v) is 5.39. The molecule has 0 amide bonds. The van der Waals surface area contributed by atoms with Crippen molar-refractivity contribution in [3.05, 3.63) is 50.9 Å². The lowest BCUT2D eigenvalue weighted by Crippen LogP contribution is -2.23. The monoisotopic (exact) mass is 285 g/mol. The van der Waals surface area contributed by atoms with Crippen molar-refractivity contribution in [3.63, 3.8) is 0 Å². The molecule has 4 nitrogen and oxygen atoms in total. The van der Waals surface area contributed by atoms with Crippen molar-refractivity contribution < 1.29 is 4.39 Å². The first-order valence-electron chi connectivity index (χ1n) is 4.60. The second kappa shape index (κ2) is 4.21. The highest BCUT2D eigenvalue weighted by Gasteiger charge is 2.05. The van der Waals surface area contributed by atoms with Crippen molar-refractivity contribution in [1.82, 2.24) is 14.3 Å². The molecule has 0 saturated heterocycles. The molecule has 6 heteroatoms. The minimum Gasteiger partial charge on any atom is -0.285 e. The molecule has 1 heterocycles. The van der Waals surface area contributed by atoms with Crippen LogP contribution >= 0.6 is 15.9 Å². The Morgan fingerprint density at radius 3 is 2.81 bits per heavy atom. The van der Waals surface area contributed by atoms with Crippen molar-refractivity contribution in [2.24, 2.45) is 7.05 Å². The van der Waals surface area contributed by atoms with Crippen molar-refractivity contribution in [1.29, 1.82) is 0 Å².